The molecule has 8 heteroatoms. The maximum atomic E-state index is 12.9. The number of rotatable bonds is 4. The van der Waals surface area contributed by atoms with Crippen LogP contribution in [0.4, 0.5) is 0 Å². The van der Waals surface area contributed by atoms with Crippen LogP contribution in [0.2, 0.25) is 0 Å². The van der Waals surface area contributed by atoms with Crippen molar-refractivity contribution in [1.82, 2.24) is 9.80 Å². The Balaban J connectivity index is 1.68. The summed E-state index contributed by atoms with van der Waals surface area (Å²) in [5.41, 5.74) is 0.563. The summed E-state index contributed by atoms with van der Waals surface area (Å²) in [7, 11) is 0. The first-order chi connectivity index (χ1) is 12.1. The summed E-state index contributed by atoms with van der Waals surface area (Å²) >= 11 is 1.55. The first-order valence-corrected chi connectivity index (χ1v) is 9.27. The van der Waals surface area contributed by atoms with Gasteiger partial charge in [-0.2, -0.15) is 0 Å². The fourth-order valence-electron chi connectivity index (χ4n) is 3.04. The zero-order chi connectivity index (χ0) is 17.8. The van der Waals surface area contributed by atoms with Gasteiger partial charge in [-0.05, 0) is 12.1 Å². The van der Waals surface area contributed by atoms with Crippen LogP contribution < -0.4 is 0 Å². The number of amides is 2. The highest BCUT2D eigenvalue weighted by molar-refractivity contribution is 7.99. The number of ether oxygens (including phenoxy) is 1. The predicted octanol–water partition coefficient (Wildman–Crippen LogP) is 0.904. The molecule has 1 N–H and O–H groups in total. The molecule has 0 aliphatic carbocycles. The number of hydrogen-bond donors (Lipinski definition) is 1. The van der Waals surface area contributed by atoms with E-state index >= 15 is 0 Å². The van der Waals surface area contributed by atoms with Crippen molar-refractivity contribution in [2.24, 2.45) is 0 Å². The number of thioether (sulfide) groups is 1. The summed E-state index contributed by atoms with van der Waals surface area (Å²) in [4.78, 5) is 39.7. The maximum Gasteiger partial charge on any atom is 0.306 e. The van der Waals surface area contributed by atoms with E-state index < -0.39 is 18.1 Å². The second kappa shape index (κ2) is 7.88. The normalized spacial score (nSPS) is 23.5. The van der Waals surface area contributed by atoms with Crippen molar-refractivity contribution in [1.29, 1.82) is 0 Å². The van der Waals surface area contributed by atoms with E-state index in [-0.39, 0.29) is 24.8 Å². The number of nitrogens with zero attached hydrogens (tertiary/aromatic N) is 2. The Bertz CT molecular complexity index is 654. The molecule has 1 aromatic rings. The fourth-order valence-corrected chi connectivity index (χ4v) is 4.19. The van der Waals surface area contributed by atoms with Gasteiger partial charge >= 0.3 is 5.97 Å². The highest BCUT2D eigenvalue weighted by Crippen LogP contribution is 2.25. The minimum atomic E-state index is -0.948. The predicted molar refractivity (Wildman–Crippen MR) is 92.3 cm³/mol. The lowest BCUT2D eigenvalue weighted by atomic mass is 10.1. The third-order valence-electron chi connectivity index (χ3n) is 4.30. The lowest BCUT2D eigenvalue weighted by molar-refractivity contribution is -0.149. The molecule has 0 aromatic heterocycles. The second-order valence-electron chi connectivity index (χ2n) is 6.03. The van der Waals surface area contributed by atoms with Crippen molar-refractivity contribution in [3.05, 3.63) is 35.9 Å². The Labute approximate surface area is 149 Å². The SMILES string of the molecule is O=C(O)CC1CN(C(=O)C2CSCN2C(=O)c2ccccc2)CCO1. The van der Waals surface area contributed by atoms with Crippen molar-refractivity contribution in [3.63, 3.8) is 0 Å². The molecule has 7 nitrogen and oxygen atoms in total. The third-order valence-corrected chi connectivity index (χ3v) is 5.31. The standard InChI is InChI=1S/C17H20N2O5S/c20-15(21)8-13-9-18(6-7-24-13)17(23)14-10-25-11-19(14)16(22)12-4-2-1-3-5-12/h1-5,13-14H,6-11H2,(H,20,21). The number of morpholine rings is 1. The largest absolute Gasteiger partial charge is 0.481 e. The van der Waals surface area contributed by atoms with Crippen LogP contribution in [0.3, 0.4) is 0 Å². The highest BCUT2D eigenvalue weighted by atomic mass is 32.2. The topological polar surface area (TPSA) is 87.2 Å². The smallest absolute Gasteiger partial charge is 0.306 e. The molecular formula is C17H20N2O5S. The average Bonchev–Trinajstić information content (AvgIpc) is 3.10. The molecular weight excluding hydrogens is 344 g/mol. The number of hydrogen-bond acceptors (Lipinski definition) is 5. The van der Waals surface area contributed by atoms with E-state index in [9.17, 15) is 14.4 Å². The molecule has 0 bridgehead atoms. The zero-order valence-corrected chi connectivity index (χ0v) is 14.5. The monoisotopic (exact) mass is 364 g/mol. The van der Waals surface area contributed by atoms with Crippen LogP contribution in [0.15, 0.2) is 30.3 Å². The molecule has 134 valence electrons. The molecule has 2 aliphatic rings. The van der Waals surface area contributed by atoms with Crippen molar-refractivity contribution in [2.45, 2.75) is 18.6 Å². The van der Waals surface area contributed by atoms with Gasteiger partial charge in [0.05, 0.1) is 25.0 Å². The second-order valence-corrected chi connectivity index (χ2v) is 7.03. The summed E-state index contributed by atoms with van der Waals surface area (Å²) in [6.45, 7) is 0.985. The molecule has 0 spiro atoms. The van der Waals surface area contributed by atoms with Crippen molar-refractivity contribution >= 4 is 29.5 Å². The van der Waals surface area contributed by atoms with Gasteiger partial charge in [-0.15, -0.1) is 11.8 Å². The number of carbonyl (C=O) groups excluding carboxylic acids is 2. The van der Waals surface area contributed by atoms with Crippen LogP contribution in [0.1, 0.15) is 16.8 Å². The average molecular weight is 364 g/mol. The van der Waals surface area contributed by atoms with Crippen molar-refractivity contribution in [2.75, 3.05) is 31.3 Å². The van der Waals surface area contributed by atoms with Gasteiger partial charge in [0.2, 0.25) is 5.91 Å². The lowest BCUT2D eigenvalue weighted by Crippen LogP contribution is -2.54. The first kappa shape index (κ1) is 17.8. The molecule has 2 unspecified atom stereocenters. The molecule has 3 rings (SSSR count). The minimum absolute atomic E-state index is 0.129. The van der Waals surface area contributed by atoms with E-state index in [1.165, 1.54) is 0 Å². The van der Waals surface area contributed by atoms with E-state index in [1.807, 2.05) is 6.07 Å². The molecule has 2 heterocycles. The van der Waals surface area contributed by atoms with Crippen LogP contribution in [0.5, 0.6) is 0 Å². The Kier molecular flexibility index (Phi) is 5.60. The molecule has 2 fully saturated rings. The Morgan fingerprint density at radius 3 is 2.72 bits per heavy atom. The number of benzene rings is 1. The quantitative estimate of drug-likeness (QED) is 0.854. The molecule has 1 aromatic carbocycles. The molecule has 2 saturated heterocycles. The first-order valence-electron chi connectivity index (χ1n) is 8.12. The minimum Gasteiger partial charge on any atom is -0.481 e. The third kappa shape index (κ3) is 4.13. The van der Waals surface area contributed by atoms with Gasteiger partial charge in [0, 0.05) is 24.4 Å². The summed E-state index contributed by atoms with van der Waals surface area (Å²) in [6, 6.07) is 8.40. The fraction of sp³-hybridized carbons (Fsp3) is 0.471. The summed E-state index contributed by atoms with van der Waals surface area (Å²) in [5.74, 6) is -0.199. The molecule has 2 aliphatic heterocycles. The number of aliphatic carboxylic acids is 1. The summed E-state index contributed by atoms with van der Waals surface area (Å²) in [6.07, 6.45) is -0.627. The number of carboxylic acid groups (broad SMARTS) is 1. The van der Waals surface area contributed by atoms with Crippen LogP contribution >= 0.6 is 11.8 Å². The summed E-state index contributed by atoms with van der Waals surface area (Å²) < 4.78 is 5.41. The van der Waals surface area contributed by atoms with Crippen LogP contribution in [-0.2, 0) is 14.3 Å². The molecule has 0 radical (unpaired) electrons. The van der Waals surface area contributed by atoms with Gasteiger partial charge < -0.3 is 19.6 Å². The van der Waals surface area contributed by atoms with E-state index in [4.69, 9.17) is 9.84 Å². The lowest BCUT2D eigenvalue weighted by Gasteiger charge is -2.35. The molecule has 2 amide bonds. The Hall–Kier alpha value is -2.06. The van der Waals surface area contributed by atoms with Gasteiger partial charge in [0.15, 0.2) is 0 Å². The van der Waals surface area contributed by atoms with E-state index in [1.54, 1.807) is 45.8 Å². The molecule has 0 saturated carbocycles. The zero-order valence-electron chi connectivity index (χ0n) is 13.7. The van der Waals surface area contributed by atoms with Gasteiger partial charge in [0.1, 0.15) is 6.04 Å². The molecule has 25 heavy (non-hydrogen) atoms. The maximum absolute atomic E-state index is 12.9. The van der Waals surface area contributed by atoms with Crippen molar-refractivity contribution in [3.8, 4) is 0 Å². The Morgan fingerprint density at radius 1 is 1.24 bits per heavy atom. The number of carbonyl (C=O) groups is 3. The van der Waals surface area contributed by atoms with Gasteiger partial charge in [-0.3, -0.25) is 14.4 Å². The van der Waals surface area contributed by atoms with Crippen LogP contribution in [0.25, 0.3) is 0 Å². The van der Waals surface area contributed by atoms with Crippen molar-refractivity contribution < 1.29 is 24.2 Å². The van der Waals surface area contributed by atoms with Gasteiger partial charge in [-0.25, -0.2) is 0 Å². The highest BCUT2D eigenvalue weighted by Gasteiger charge is 2.39. The van der Waals surface area contributed by atoms with Crippen LogP contribution in [0, 0.1) is 0 Å². The Morgan fingerprint density at radius 2 is 2.00 bits per heavy atom. The van der Waals surface area contributed by atoms with E-state index in [0.29, 0.717) is 30.3 Å². The number of carboxylic acids is 1. The summed E-state index contributed by atoms with van der Waals surface area (Å²) in [5, 5.41) is 8.90. The van der Waals surface area contributed by atoms with Crippen LogP contribution in [-0.4, -0.2) is 76.2 Å². The van der Waals surface area contributed by atoms with Gasteiger partial charge in [-0.1, -0.05) is 18.2 Å². The van der Waals surface area contributed by atoms with E-state index in [2.05, 4.69) is 0 Å². The molecule has 2 atom stereocenters. The van der Waals surface area contributed by atoms with Gasteiger partial charge in [0.25, 0.3) is 5.91 Å². The van der Waals surface area contributed by atoms with E-state index in [0.717, 1.165) is 0 Å².